The molecule has 96 valence electrons. The van der Waals surface area contributed by atoms with Crippen LogP contribution < -0.4 is 5.32 Å². The predicted molar refractivity (Wildman–Crippen MR) is 74.0 cm³/mol. The third-order valence-corrected chi connectivity index (χ3v) is 4.49. The first-order valence-electron chi connectivity index (χ1n) is 6.57. The Balaban J connectivity index is 1.92. The van der Waals surface area contributed by atoms with Crippen molar-refractivity contribution in [3.63, 3.8) is 0 Å². The molecule has 17 heavy (non-hydrogen) atoms. The van der Waals surface area contributed by atoms with Gasteiger partial charge in [-0.05, 0) is 49.0 Å². The number of rotatable bonds is 6. The largest absolute Gasteiger partial charge is 0.309 e. The van der Waals surface area contributed by atoms with Crippen LogP contribution in [0.1, 0.15) is 44.5 Å². The molecule has 0 bridgehead atoms. The summed E-state index contributed by atoms with van der Waals surface area (Å²) in [7, 11) is 0. The highest BCUT2D eigenvalue weighted by Gasteiger charge is 2.23. The highest BCUT2D eigenvalue weighted by molar-refractivity contribution is 9.10. The number of hydrogen-bond donors (Lipinski definition) is 1. The molecule has 1 aromatic heterocycles. The Morgan fingerprint density at radius 3 is 2.82 bits per heavy atom. The van der Waals surface area contributed by atoms with Gasteiger partial charge in [-0.3, -0.25) is 4.68 Å². The molecule has 3 nitrogen and oxygen atoms in total. The fourth-order valence-corrected chi connectivity index (χ4v) is 2.67. The second-order valence-corrected chi connectivity index (χ2v) is 5.92. The standard InChI is InChI=1S/C13H22BrN3/c1-4-17-12(13(14)10(3)16-17)8-15-9(2)7-11-5-6-11/h9,11,15H,4-8H2,1-3H3. The number of halogens is 1. The molecule has 0 aromatic carbocycles. The first-order chi connectivity index (χ1) is 8.11. The number of nitrogens with one attached hydrogen (secondary N) is 1. The van der Waals surface area contributed by atoms with Gasteiger partial charge >= 0.3 is 0 Å². The summed E-state index contributed by atoms with van der Waals surface area (Å²) < 4.78 is 3.24. The van der Waals surface area contributed by atoms with Crippen LogP contribution in [0.3, 0.4) is 0 Å². The maximum Gasteiger partial charge on any atom is 0.0739 e. The van der Waals surface area contributed by atoms with Crippen LogP contribution in [-0.4, -0.2) is 15.8 Å². The van der Waals surface area contributed by atoms with E-state index in [0.29, 0.717) is 6.04 Å². The summed E-state index contributed by atoms with van der Waals surface area (Å²) in [5.74, 6) is 0.985. The highest BCUT2D eigenvalue weighted by atomic mass is 79.9. The molecule has 0 spiro atoms. The predicted octanol–water partition coefficient (Wildman–Crippen LogP) is 3.25. The van der Waals surface area contributed by atoms with Gasteiger partial charge in [0.25, 0.3) is 0 Å². The lowest BCUT2D eigenvalue weighted by Crippen LogP contribution is -2.27. The lowest BCUT2D eigenvalue weighted by atomic mass is 10.1. The van der Waals surface area contributed by atoms with Crippen LogP contribution in [0.2, 0.25) is 0 Å². The molecule has 2 rings (SSSR count). The van der Waals surface area contributed by atoms with Gasteiger partial charge in [-0.25, -0.2) is 0 Å². The van der Waals surface area contributed by atoms with E-state index in [9.17, 15) is 0 Å². The molecule has 4 heteroatoms. The van der Waals surface area contributed by atoms with Crippen LogP contribution >= 0.6 is 15.9 Å². The second-order valence-electron chi connectivity index (χ2n) is 5.12. The van der Waals surface area contributed by atoms with Crippen LogP contribution in [0.25, 0.3) is 0 Å². The molecule has 1 heterocycles. The highest BCUT2D eigenvalue weighted by Crippen LogP contribution is 2.33. The smallest absolute Gasteiger partial charge is 0.0739 e. The Labute approximate surface area is 112 Å². The van der Waals surface area contributed by atoms with Crippen molar-refractivity contribution in [3.05, 3.63) is 15.9 Å². The van der Waals surface area contributed by atoms with Crippen molar-refractivity contribution in [2.24, 2.45) is 5.92 Å². The number of hydrogen-bond acceptors (Lipinski definition) is 2. The van der Waals surface area contributed by atoms with Gasteiger partial charge in [0, 0.05) is 19.1 Å². The van der Waals surface area contributed by atoms with E-state index < -0.39 is 0 Å². The third-order valence-electron chi connectivity index (χ3n) is 3.45. The number of aryl methyl sites for hydroxylation is 2. The Hall–Kier alpha value is -0.350. The first kappa shape index (κ1) is 13.1. The molecule has 1 N–H and O–H groups in total. The minimum atomic E-state index is 0.606. The maximum absolute atomic E-state index is 4.51. The number of aromatic nitrogens is 2. The Morgan fingerprint density at radius 1 is 1.53 bits per heavy atom. The summed E-state index contributed by atoms with van der Waals surface area (Å²) in [6.07, 6.45) is 4.18. The quantitative estimate of drug-likeness (QED) is 0.874. The average Bonchev–Trinajstić information content (AvgIpc) is 3.05. The maximum atomic E-state index is 4.51. The van der Waals surface area contributed by atoms with E-state index in [1.807, 2.05) is 6.92 Å². The molecular formula is C13H22BrN3. The zero-order valence-electron chi connectivity index (χ0n) is 11.0. The van der Waals surface area contributed by atoms with Crippen molar-refractivity contribution in [3.8, 4) is 0 Å². The lowest BCUT2D eigenvalue weighted by molar-refractivity contribution is 0.470. The van der Waals surface area contributed by atoms with Crippen molar-refractivity contribution in [2.45, 2.75) is 59.2 Å². The van der Waals surface area contributed by atoms with Crippen LogP contribution in [0, 0.1) is 12.8 Å². The summed E-state index contributed by atoms with van der Waals surface area (Å²) >= 11 is 3.63. The van der Waals surface area contributed by atoms with Crippen LogP contribution in [-0.2, 0) is 13.1 Å². The molecule has 1 fully saturated rings. The van der Waals surface area contributed by atoms with Gasteiger partial charge in [0.1, 0.15) is 0 Å². The van der Waals surface area contributed by atoms with Gasteiger partial charge in [0.2, 0.25) is 0 Å². The zero-order valence-corrected chi connectivity index (χ0v) is 12.5. The fourth-order valence-electron chi connectivity index (χ4n) is 2.25. The van der Waals surface area contributed by atoms with E-state index in [-0.39, 0.29) is 0 Å². The van der Waals surface area contributed by atoms with Crippen LogP contribution in [0.5, 0.6) is 0 Å². The second kappa shape index (κ2) is 5.53. The summed E-state index contributed by atoms with van der Waals surface area (Å²) in [5.41, 5.74) is 2.35. The first-order valence-corrected chi connectivity index (χ1v) is 7.36. The summed E-state index contributed by atoms with van der Waals surface area (Å²) in [6, 6.07) is 0.606. The van der Waals surface area contributed by atoms with Crippen molar-refractivity contribution < 1.29 is 0 Å². The van der Waals surface area contributed by atoms with E-state index in [1.165, 1.54) is 25.0 Å². The lowest BCUT2D eigenvalue weighted by Gasteiger charge is -2.14. The van der Waals surface area contributed by atoms with Crippen molar-refractivity contribution >= 4 is 15.9 Å². The molecule has 0 aliphatic heterocycles. The van der Waals surface area contributed by atoms with Gasteiger partial charge in [0.05, 0.1) is 15.9 Å². The fraction of sp³-hybridized carbons (Fsp3) is 0.769. The van der Waals surface area contributed by atoms with E-state index in [0.717, 1.165) is 29.2 Å². The number of nitrogens with zero attached hydrogens (tertiary/aromatic N) is 2. The average molecular weight is 300 g/mol. The van der Waals surface area contributed by atoms with Gasteiger partial charge in [-0.2, -0.15) is 5.10 Å². The van der Waals surface area contributed by atoms with E-state index in [4.69, 9.17) is 0 Å². The Kier molecular flexibility index (Phi) is 4.26. The Morgan fingerprint density at radius 2 is 2.24 bits per heavy atom. The van der Waals surface area contributed by atoms with Gasteiger partial charge in [0.15, 0.2) is 0 Å². The molecular weight excluding hydrogens is 278 g/mol. The third kappa shape index (κ3) is 3.32. The topological polar surface area (TPSA) is 29.9 Å². The molecule has 1 saturated carbocycles. The molecule has 0 amide bonds. The van der Waals surface area contributed by atoms with Crippen molar-refractivity contribution in [2.75, 3.05) is 0 Å². The molecule has 1 unspecified atom stereocenters. The van der Waals surface area contributed by atoms with E-state index in [1.54, 1.807) is 0 Å². The monoisotopic (exact) mass is 299 g/mol. The Bertz CT molecular complexity index is 382. The molecule has 1 aromatic rings. The van der Waals surface area contributed by atoms with Gasteiger partial charge in [-0.1, -0.05) is 12.8 Å². The minimum absolute atomic E-state index is 0.606. The summed E-state index contributed by atoms with van der Waals surface area (Å²) in [4.78, 5) is 0. The molecule has 0 radical (unpaired) electrons. The van der Waals surface area contributed by atoms with Crippen molar-refractivity contribution in [1.82, 2.24) is 15.1 Å². The summed E-state index contributed by atoms with van der Waals surface area (Å²) in [5, 5.41) is 8.12. The summed E-state index contributed by atoms with van der Waals surface area (Å²) in [6.45, 7) is 8.30. The van der Waals surface area contributed by atoms with E-state index in [2.05, 4.69) is 44.9 Å². The van der Waals surface area contributed by atoms with Crippen molar-refractivity contribution in [1.29, 1.82) is 0 Å². The molecule has 1 aliphatic carbocycles. The SMILES string of the molecule is CCn1nc(C)c(Br)c1CNC(C)CC1CC1. The zero-order chi connectivity index (χ0) is 12.4. The van der Waals surface area contributed by atoms with Crippen LogP contribution in [0.15, 0.2) is 4.47 Å². The van der Waals surface area contributed by atoms with Crippen LogP contribution in [0.4, 0.5) is 0 Å². The van der Waals surface area contributed by atoms with Gasteiger partial charge in [-0.15, -0.1) is 0 Å². The normalized spacial score (nSPS) is 17.4. The molecule has 0 saturated heterocycles. The molecule has 1 aliphatic rings. The van der Waals surface area contributed by atoms with E-state index >= 15 is 0 Å². The van der Waals surface area contributed by atoms with Gasteiger partial charge < -0.3 is 5.32 Å². The minimum Gasteiger partial charge on any atom is -0.309 e. The molecule has 1 atom stereocenters.